The van der Waals surface area contributed by atoms with E-state index in [1.165, 1.54) is 23.9 Å². The van der Waals surface area contributed by atoms with Crippen molar-refractivity contribution in [1.29, 1.82) is 0 Å². The van der Waals surface area contributed by atoms with Crippen molar-refractivity contribution in [2.75, 3.05) is 11.1 Å². The van der Waals surface area contributed by atoms with E-state index >= 15 is 0 Å². The van der Waals surface area contributed by atoms with Crippen molar-refractivity contribution in [3.63, 3.8) is 0 Å². The Labute approximate surface area is 212 Å². The Kier molecular flexibility index (Phi) is 6.43. The third kappa shape index (κ3) is 5.08. The first-order chi connectivity index (χ1) is 17.4. The van der Waals surface area contributed by atoms with Crippen molar-refractivity contribution in [3.05, 3.63) is 94.5 Å². The van der Waals surface area contributed by atoms with Gasteiger partial charge in [0.2, 0.25) is 11.8 Å². The van der Waals surface area contributed by atoms with E-state index in [2.05, 4.69) is 11.4 Å². The van der Waals surface area contributed by atoms with E-state index in [1.54, 1.807) is 12.1 Å². The Morgan fingerprint density at radius 3 is 2.56 bits per heavy atom. The summed E-state index contributed by atoms with van der Waals surface area (Å²) in [6, 6.07) is 20.1. The lowest BCUT2D eigenvalue weighted by molar-refractivity contribution is -0.113. The van der Waals surface area contributed by atoms with Gasteiger partial charge < -0.3 is 15.2 Å². The van der Waals surface area contributed by atoms with E-state index in [0.29, 0.717) is 28.8 Å². The summed E-state index contributed by atoms with van der Waals surface area (Å²) in [5, 5.41) is 12.6. The predicted octanol–water partition coefficient (Wildman–Crippen LogP) is 5.89. The number of carboxylic acids is 1. The average molecular weight is 498 g/mol. The summed E-state index contributed by atoms with van der Waals surface area (Å²) >= 11 is 1.30. The van der Waals surface area contributed by atoms with E-state index in [4.69, 9.17) is 14.7 Å². The highest BCUT2D eigenvalue weighted by atomic mass is 32.2. The Morgan fingerprint density at radius 2 is 1.78 bits per heavy atom. The van der Waals surface area contributed by atoms with Crippen molar-refractivity contribution in [2.24, 2.45) is 0 Å². The molecule has 4 aromatic rings. The fourth-order valence-corrected chi connectivity index (χ4v) is 4.76. The molecule has 180 valence electrons. The number of aryl methyl sites for hydroxylation is 2. The SMILES string of the molecule is Cc1ccc(-c2nc3c(c(SCC(=O)Nc4cccc(C(=O)O)c4)n2)Cc2cc(C)ccc2O3)cc1. The number of rotatable bonds is 6. The molecular weight excluding hydrogens is 474 g/mol. The van der Waals surface area contributed by atoms with Crippen molar-refractivity contribution < 1.29 is 19.4 Å². The van der Waals surface area contributed by atoms with Gasteiger partial charge in [-0.25, -0.2) is 9.78 Å². The van der Waals surface area contributed by atoms with Crippen LogP contribution in [0.1, 0.15) is 32.6 Å². The summed E-state index contributed by atoms with van der Waals surface area (Å²) in [5.74, 6) is 0.574. The molecule has 0 atom stereocenters. The number of anilines is 1. The molecule has 0 saturated carbocycles. The van der Waals surface area contributed by atoms with E-state index in [9.17, 15) is 14.7 Å². The van der Waals surface area contributed by atoms with Gasteiger partial charge in [-0.2, -0.15) is 4.98 Å². The number of hydrogen-bond donors (Lipinski definition) is 2. The van der Waals surface area contributed by atoms with Gasteiger partial charge in [0.05, 0.1) is 16.9 Å². The summed E-state index contributed by atoms with van der Waals surface area (Å²) in [7, 11) is 0. The van der Waals surface area contributed by atoms with Crippen molar-refractivity contribution in [3.8, 4) is 23.0 Å². The molecule has 8 heteroatoms. The molecule has 0 aliphatic carbocycles. The molecule has 1 aromatic heterocycles. The maximum absolute atomic E-state index is 12.7. The van der Waals surface area contributed by atoms with Crippen LogP contribution in [-0.4, -0.2) is 32.7 Å². The van der Waals surface area contributed by atoms with Gasteiger partial charge in [0.25, 0.3) is 0 Å². The molecule has 0 bridgehead atoms. The Morgan fingerprint density at radius 1 is 1.00 bits per heavy atom. The summed E-state index contributed by atoms with van der Waals surface area (Å²) in [6.07, 6.45) is 0.602. The number of aromatic carboxylic acids is 1. The van der Waals surface area contributed by atoms with Crippen LogP contribution in [0.5, 0.6) is 11.6 Å². The number of fused-ring (bicyclic) bond motifs is 2. The number of aromatic nitrogens is 2. The molecule has 2 N–H and O–H groups in total. The highest BCUT2D eigenvalue weighted by molar-refractivity contribution is 8.00. The van der Waals surface area contributed by atoms with Gasteiger partial charge in [0.15, 0.2) is 5.82 Å². The quantitative estimate of drug-likeness (QED) is 0.223. The lowest BCUT2D eigenvalue weighted by atomic mass is 10.0. The molecule has 0 unspecified atom stereocenters. The third-order valence-corrected chi connectivity index (χ3v) is 6.78. The number of thioether (sulfide) groups is 1. The number of carbonyl (C=O) groups excluding carboxylic acids is 1. The summed E-state index contributed by atoms with van der Waals surface area (Å²) in [6.45, 7) is 4.05. The minimum atomic E-state index is -1.05. The predicted molar refractivity (Wildman–Crippen MR) is 139 cm³/mol. The fourth-order valence-electron chi connectivity index (χ4n) is 3.93. The highest BCUT2D eigenvalue weighted by Crippen LogP contribution is 2.40. The summed E-state index contributed by atoms with van der Waals surface area (Å²) in [5.41, 5.74) is 5.56. The second kappa shape index (κ2) is 9.83. The number of benzene rings is 3. The molecule has 0 radical (unpaired) electrons. The van der Waals surface area contributed by atoms with Crippen LogP contribution < -0.4 is 10.1 Å². The van der Waals surface area contributed by atoms with Gasteiger partial charge in [-0.1, -0.05) is 65.4 Å². The van der Waals surface area contributed by atoms with Crippen LogP contribution in [0.25, 0.3) is 11.4 Å². The summed E-state index contributed by atoms with van der Waals surface area (Å²) < 4.78 is 6.18. The minimum Gasteiger partial charge on any atom is -0.478 e. The number of carbonyl (C=O) groups is 2. The maximum atomic E-state index is 12.7. The van der Waals surface area contributed by atoms with Crippen molar-refractivity contribution >= 4 is 29.3 Å². The van der Waals surface area contributed by atoms with Crippen LogP contribution in [0, 0.1) is 13.8 Å². The number of nitrogens with one attached hydrogen (secondary N) is 1. The molecule has 36 heavy (non-hydrogen) atoms. The zero-order valence-electron chi connectivity index (χ0n) is 19.7. The first kappa shape index (κ1) is 23.6. The van der Waals surface area contributed by atoms with E-state index < -0.39 is 5.97 Å². The third-order valence-electron chi connectivity index (χ3n) is 5.76. The van der Waals surface area contributed by atoms with Crippen molar-refractivity contribution in [2.45, 2.75) is 25.3 Å². The van der Waals surface area contributed by atoms with Crippen molar-refractivity contribution in [1.82, 2.24) is 9.97 Å². The van der Waals surface area contributed by atoms with Gasteiger partial charge in [0.1, 0.15) is 10.8 Å². The molecule has 3 aromatic carbocycles. The minimum absolute atomic E-state index is 0.0920. The normalized spacial score (nSPS) is 11.7. The van der Waals surface area contributed by atoms with Crippen LogP contribution in [0.15, 0.2) is 71.8 Å². The molecular formula is C28H23N3O4S. The lowest BCUT2D eigenvalue weighted by Gasteiger charge is -2.22. The summed E-state index contributed by atoms with van der Waals surface area (Å²) in [4.78, 5) is 33.5. The number of carboxylic acid groups (broad SMARTS) is 1. The largest absolute Gasteiger partial charge is 0.478 e. The smallest absolute Gasteiger partial charge is 0.335 e. The first-order valence-electron chi connectivity index (χ1n) is 11.4. The van der Waals surface area contributed by atoms with Crippen LogP contribution in [0.2, 0.25) is 0 Å². The first-order valence-corrected chi connectivity index (χ1v) is 12.4. The molecule has 1 amide bonds. The van der Waals surface area contributed by atoms with Crippen LogP contribution >= 0.6 is 11.8 Å². The van der Waals surface area contributed by atoms with E-state index in [1.807, 2.05) is 50.2 Å². The number of nitrogens with zero attached hydrogens (tertiary/aromatic N) is 2. The lowest BCUT2D eigenvalue weighted by Crippen LogP contribution is -2.15. The van der Waals surface area contributed by atoms with E-state index in [0.717, 1.165) is 33.6 Å². The molecule has 0 saturated heterocycles. The van der Waals surface area contributed by atoms with Crippen LogP contribution in [0.3, 0.4) is 0 Å². The number of amides is 1. The van der Waals surface area contributed by atoms with Gasteiger partial charge in [0, 0.05) is 17.7 Å². The zero-order valence-corrected chi connectivity index (χ0v) is 20.6. The van der Waals surface area contributed by atoms with Crippen LogP contribution in [-0.2, 0) is 11.2 Å². The monoisotopic (exact) mass is 497 g/mol. The highest BCUT2D eigenvalue weighted by Gasteiger charge is 2.25. The second-order valence-electron chi connectivity index (χ2n) is 8.61. The standard InChI is InChI=1S/C28H23N3O4S/c1-16-6-9-18(10-7-16)25-30-26-22(14-20-12-17(2)8-11-23(20)35-26)27(31-25)36-15-24(32)29-21-5-3-4-19(13-21)28(33)34/h3-13H,14-15H2,1-2H3,(H,29,32)(H,33,34). The van der Waals surface area contributed by atoms with Gasteiger partial charge in [-0.05, 0) is 43.7 Å². The molecule has 0 fully saturated rings. The second-order valence-corrected chi connectivity index (χ2v) is 9.58. The number of ether oxygens (including phenoxy) is 1. The molecule has 1 aliphatic rings. The van der Waals surface area contributed by atoms with Gasteiger partial charge in [-0.15, -0.1) is 0 Å². The Hall–Kier alpha value is -4.17. The zero-order chi connectivity index (χ0) is 25.2. The van der Waals surface area contributed by atoms with Gasteiger partial charge in [-0.3, -0.25) is 4.79 Å². The molecule has 5 rings (SSSR count). The molecule has 7 nitrogen and oxygen atoms in total. The van der Waals surface area contributed by atoms with Crippen LogP contribution in [0.4, 0.5) is 5.69 Å². The Bertz CT molecular complexity index is 1490. The van der Waals surface area contributed by atoms with E-state index in [-0.39, 0.29) is 17.2 Å². The molecule has 0 spiro atoms. The maximum Gasteiger partial charge on any atom is 0.335 e. The molecule has 2 heterocycles. The van der Waals surface area contributed by atoms with Gasteiger partial charge >= 0.3 is 5.97 Å². The number of hydrogen-bond acceptors (Lipinski definition) is 6. The average Bonchev–Trinajstić information content (AvgIpc) is 2.86. The fraction of sp³-hybridized carbons (Fsp3) is 0.143. The Balaban J connectivity index is 1.43. The molecule has 1 aliphatic heterocycles. The topological polar surface area (TPSA) is 101 Å².